The molecule has 28 heavy (non-hydrogen) atoms. The maximum Gasteiger partial charge on any atom is 0.358 e. The zero-order valence-corrected chi connectivity index (χ0v) is 16.6. The van der Waals surface area contributed by atoms with E-state index in [9.17, 15) is 9.59 Å². The van der Waals surface area contributed by atoms with Crippen LogP contribution in [0.4, 0.5) is 10.8 Å². The number of rotatable bonds is 7. The van der Waals surface area contributed by atoms with Crippen LogP contribution in [0.5, 0.6) is 0 Å². The Bertz CT molecular complexity index is 976. The lowest BCUT2D eigenvalue weighted by atomic mass is 10.2. The van der Waals surface area contributed by atoms with E-state index in [1.807, 2.05) is 37.3 Å². The Labute approximate surface area is 171 Å². The fourth-order valence-electron chi connectivity index (χ4n) is 2.38. The number of aromatic nitrogens is 1. The molecule has 3 aromatic rings. The standard InChI is InChI=1S/C20H18ClN3O3S/c1-13-9-15(21)7-8-16(13)23-18(25)11-27-19(26)17-12-28-20(24-17)22-10-14-5-3-2-4-6-14/h2-9,12H,10-11H2,1H3,(H,22,24)(H,23,25). The summed E-state index contributed by atoms with van der Waals surface area (Å²) in [5.74, 6) is -1.08. The molecule has 0 radical (unpaired) electrons. The summed E-state index contributed by atoms with van der Waals surface area (Å²) in [6, 6.07) is 15.0. The molecule has 0 unspecified atom stereocenters. The molecule has 0 saturated heterocycles. The van der Waals surface area contributed by atoms with Crippen LogP contribution in [0.1, 0.15) is 21.6 Å². The van der Waals surface area contributed by atoms with Gasteiger partial charge in [-0.3, -0.25) is 4.79 Å². The topological polar surface area (TPSA) is 80.3 Å². The first-order valence-electron chi connectivity index (χ1n) is 8.48. The third kappa shape index (κ3) is 5.55. The zero-order chi connectivity index (χ0) is 19.9. The molecule has 0 aliphatic carbocycles. The van der Waals surface area contributed by atoms with E-state index >= 15 is 0 Å². The summed E-state index contributed by atoms with van der Waals surface area (Å²) in [5.41, 5.74) is 2.71. The van der Waals surface area contributed by atoms with Crippen LogP contribution < -0.4 is 10.6 Å². The summed E-state index contributed by atoms with van der Waals surface area (Å²) >= 11 is 7.19. The van der Waals surface area contributed by atoms with E-state index < -0.39 is 18.5 Å². The Morgan fingerprint density at radius 2 is 1.96 bits per heavy atom. The van der Waals surface area contributed by atoms with Crippen molar-refractivity contribution in [3.05, 3.63) is 75.8 Å². The van der Waals surface area contributed by atoms with Crippen molar-refractivity contribution in [2.75, 3.05) is 17.2 Å². The molecule has 0 aliphatic rings. The molecule has 0 atom stereocenters. The maximum absolute atomic E-state index is 12.1. The number of benzene rings is 2. The average Bonchev–Trinajstić information content (AvgIpc) is 3.17. The van der Waals surface area contributed by atoms with E-state index in [0.29, 0.717) is 22.4 Å². The van der Waals surface area contributed by atoms with Gasteiger partial charge in [-0.1, -0.05) is 41.9 Å². The van der Waals surface area contributed by atoms with Crippen molar-refractivity contribution in [2.45, 2.75) is 13.5 Å². The molecule has 0 fully saturated rings. The van der Waals surface area contributed by atoms with Crippen LogP contribution in [0.25, 0.3) is 0 Å². The van der Waals surface area contributed by atoms with Crippen LogP contribution in [-0.4, -0.2) is 23.5 Å². The number of halogens is 1. The Kier molecular flexibility index (Phi) is 6.62. The van der Waals surface area contributed by atoms with E-state index in [2.05, 4.69) is 15.6 Å². The normalized spacial score (nSPS) is 10.4. The lowest BCUT2D eigenvalue weighted by Crippen LogP contribution is -2.21. The van der Waals surface area contributed by atoms with Gasteiger partial charge in [-0.25, -0.2) is 9.78 Å². The number of anilines is 2. The van der Waals surface area contributed by atoms with Crippen molar-refractivity contribution >= 4 is 45.6 Å². The van der Waals surface area contributed by atoms with Crippen LogP contribution in [0.2, 0.25) is 5.02 Å². The number of aryl methyl sites for hydroxylation is 1. The molecule has 1 heterocycles. The molecule has 2 N–H and O–H groups in total. The lowest BCUT2D eigenvalue weighted by Gasteiger charge is -2.08. The number of nitrogens with one attached hydrogen (secondary N) is 2. The van der Waals surface area contributed by atoms with Gasteiger partial charge in [-0.15, -0.1) is 11.3 Å². The smallest absolute Gasteiger partial charge is 0.358 e. The van der Waals surface area contributed by atoms with Gasteiger partial charge < -0.3 is 15.4 Å². The van der Waals surface area contributed by atoms with Crippen molar-refractivity contribution in [3.8, 4) is 0 Å². The van der Waals surface area contributed by atoms with Crippen LogP contribution in [0.3, 0.4) is 0 Å². The summed E-state index contributed by atoms with van der Waals surface area (Å²) in [6.45, 7) is 2.03. The highest BCUT2D eigenvalue weighted by Gasteiger charge is 2.14. The van der Waals surface area contributed by atoms with Crippen LogP contribution >= 0.6 is 22.9 Å². The molecule has 6 nitrogen and oxygen atoms in total. The van der Waals surface area contributed by atoms with E-state index in [1.165, 1.54) is 11.3 Å². The molecule has 0 saturated carbocycles. The second kappa shape index (κ2) is 9.34. The van der Waals surface area contributed by atoms with Crippen molar-refractivity contribution in [2.24, 2.45) is 0 Å². The van der Waals surface area contributed by atoms with Crippen LogP contribution in [0, 0.1) is 6.92 Å². The molecule has 144 valence electrons. The van der Waals surface area contributed by atoms with Gasteiger partial charge in [-0.2, -0.15) is 0 Å². The molecule has 0 spiro atoms. The molecule has 8 heteroatoms. The minimum Gasteiger partial charge on any atom is -0.451 e. The van der Waals surface area contributed by atoms with E-state index in [0.717, 1.165) is 11.1 Å². The predicted octanol–water partition coefficient (Wildman–Crippen LogP) is 4.51. The number of amides is 1. The van der Waals surface area contributed by atoms with Gasteiger partial charge in [0.2, 0.25) is 0 Å². The van der Waals surface area contributed by atoms with Gasteiger partial charge in [0.15, 0.2) is 17.4 Å². The molecule has 1 amide bonds. The zero-order valence-electron chi connectivity index (χ0n) is 15.1. The van der Waals surface area contributed by atoms with Crippen LogP contribution in [0.15, 0.2) is 53.9 Å². The molecule has 3 rings (SSSR count). The third-order valence-electron chi connectivity index (χ3n) is 3.80. The minimum atomic E-state index is -0.646. The quantitative estimate of drug-likeness (QED) is 0.555. The average molecular weight is 416 g/mol. The number of hydrogen-bond acceptors (Lipinski definition) is 6. The first-order chi connectivity index (χ1) is 13.5. The second-order valence-electron chi connectivity index (χ2n) is 5.96. The Morgan fingerprint density at radius 3 is 2.71 bits per heavy atom. The predicted molar refractivity (Wildman–Crippen MR) is 111 cm³/mol. The number of thiazole rings is 1. The third-order valence-corrected chi connectivity index (χ3v) is 4.83. The number of esters is 1. The number of ether oxygens (including phenoxy) is 1. The van der Waals surface area contributed by atoms with Gasteiger partial charge >= 0.3 is 5.97 Å². The van der Waals surface area contributed by atoms with Gasteiger partial charge in [-0.05, 0) is 36.2 Å². The van der Waals surface area contributed by atoms with Crippen molar-refractivity contribution in [3.63, 3.8) is 0 Å². The molecule has 0 aliphatic heterocycles. The monoisotopic (exact) mass is 415 g/mol. The second-order valence-corrected chi connectivity index (χ2v) is 7.26. The highest BCUT2D eigenvalue weighted by molar-refractivity contribution is 7.13. The molecule has 1 aromatic heterocycles. The van der Waals surface area contributed by atoms with Gasteiger partial charge in [0, 0.05) is 22.6 Å². The minimum absolute atomic E-state index is 0.163. The highest BCUT2D eigenvalue weighted by Crippen LogP contribution is 2.20. The van der Waals surface area contributed by atoms with E-state index in [1.54, 1.807) is 23.6 Å². The summed E-state index contributed by atoms with van der Waals surface area (Å²) in [7, 11) is 0. The lowest BCUT2D eigenvalue weighted by molar-refractivity contribution is -0.119. The van der Waals surface area contributed by atoms with Crippen molar-refractivity contribution in [1.82, 2.24) is 4.98 Å². The van der Waals surface area contributed by atoms with Crippen molar-refractivity contribution in [1.29, 1.82) is 0 Å². The largest absolute Gasteiger partial charge is 0.451 e. The van der Waals surface area contributed by atoms with Gasteiger partial charge in [0.05, 0.1) is 0 Å². The Balaban J connectivity index is 1.48. The number of nitrogens with zero attached hydrogens (tertiary/aromatic N) is 1. The summed E-state index contributed by atoms with van der Waals surface area (Å²) < 4.78 is 5.04. The van der Waals surface area contributed by atoms with Crippen molar-refractivity contribution < 1.29 is 14.3 Å². The SMILES string of the molecule is Cc1cc(Cl)ccc1NC(=O)COC(=O)c1csc(NCc2ccccc2)n1. The van der Waals surface area contributed by atoms with E-state index in [4.69, 9.17) is 16.3 Å². The first-order valence-corrected chi connectivity index (χ1v) is 9.73. The molecular formula is C20H18ClN3O3S. The molecule has 2 aromatic carbocycles. The fraction of sp³-hybridized carbons (Fsp3) is 0.150. The van der Waals surface area contributed by atoms with E-state index in [-0.39, 0.29) is 5.69 Å². The van der Waals surface area contributed by atoms with Crippen LogP contribution in [-0.2, 0) is 16.1 Å². The highest BCUT2D eigenvalue weighted by atomic mass is 35.5. The molecule has 0 bridgehead atoms. The molecular weight excluding hydrogens is 398 g/mol. The summed E-state index contributed by atoms with van der Waals surface area (Å²) in [4.78, 5) is 28.3. The number of carbonyl (C=O) groups is 2. The maximum atomic E-state index is 12.1. The number of hydrogen-bond donors (Lipinski definition) is 2. The summed E-state index contributed by atoms with van der Waals surface area (Å²) in [6.07, 6.45) is 0. The Morgan fingerprint density at radius 1 is 1.18 bits per heavy atom. The number of carbonyl (C=O) groups excluding carboxylic acids is 2. The summed E-state index contributed by atoms with van der Waals surface area (Å²) in [5, 5.41) is 8.62. The van der Waals surface area contributed by atoms with Gasteiger partial charge in [0.25, 0.3) is 5.91 Å². The Hall–Kier alpha value is -2.90. The fourth-order valence-corrected chi connectivity index (χ4v) is 3.29. The van der Waals surface area contributed by atoms with Gasteiger partial charge in [0.1, 0.15) is 0 Å². The first kappa shape index (κ1) is 19.9.